The maximum Gasteiger partial charge on any atom is 0.243 e. The van der Waals surface area contributed by atoms with Crippen LogP contribution in [0.15, 0.2) is 58.1 Å². The lowest BCUT2D eigenvalue weighted by atomic mass is 10.1. The molecular formula is C20H22N4O3S. The van der Waals surface area contributed by atoms with Gasteiger partial charge in [-0.05, 0) is 37.6 Å². The molecule has 28 heavy (non-hydrogen) atoms. The molecule has 0 saturated carbocycles. The van der Waals surface area contributed by atoms with E-state index in [1.807, 2.05) is 44.2 Å². The van der Waals surface area contributed by atoms with E-state index in [1.54, 1.807) is 22.6 Å². The molecule has 146 valence electrons. The molecule has 1 aliphatic rings. The Morgan fingerprint density at radius 3 is 2.43 bits per heavy atom. The highest BCUT2D eigenvalue weighted by Crippen LogP contribution is 2.28. The van der Waals surface area contributed by atoms with Gasteiger partial charge in [0.25, 0.3) is 0 Å². The fourth-order valence-corrected chi connectivity index (χ4v) is 5.04. The molecule has 0 atom stereocenters. The van der Waals surface area contributed by atoms with Gasteiger partial charge in [-0.15, -0.1) is 0 Å². The van der Waals surface area contributed by atoms with Crippen LogP contribution in [0.2, 0.25) is 0 Å². The number of anilines is 1. The Labute approximate surface area is 164 Å². The first kappa shape index (κ1) is 18.6. The molecule has 0 unspecified atom stereocenters. The topological polar surface area (TPSA) is 79.5 Å². The molecule has 3 heterocycles. The van der Waals surface area contributed by atoms with Crippen molar-refractivity contribution in [2.45, 2.75) is 18.7 Å². The van der Waals surface area contributed by atoms with Crippen LogP contribution in [0.1, 0.15) is 11.3 Å². The van der Waals surface area contributed by atoms with Crippen molar-refractivity contribution in [2.75, 3.05) is 31.1 Å². The number of aryl methyl sites for hydroxylation is 2. The van der Waals surface area contributed by atoms with Crippen LogP contribution >= 0.6 is 0 Å². The fraction of sp³-hybridized carbons (Fsp3) is 0.300. The van der Waals surface area contributed by atoms with Gasteiger partial charge >= 0.3 is 0 Å². The number of benzene rings is 1. The normalized spacial score (nSPS) is 15.7. The molecule has 0 amide bonds. The Hall–Kier alpha value is -2.71. The molecule has 2 aromatic heterocycles. The quantitative estimate of drug-likeness (QED) is 0.672. The lowest BCUT2D eigenvalue weighted by molar-refractivity contribution is 0.383. The molecule has 1 aromatic carbocycles. The first-order valence-corrected chi connectivity index (χ1v) is 10.6. The van der Waals surface area contributed by atoms with Crippen molar-refractivity contribution < 1.29 is 12.9 Å². The predicted molar refractivity (Wildman–Crippen MR) is 107 cm³/mol. The van der Waals surface area contributed by atoms with Gasteiger partial charge in [0, 0.05) is 44.0 Å². The number of hydrogen-bond acceptors (Lipinski definition) is 6. The van der Waals surface area contributed by atoms with E-state index in [4.69, 9.17) is 4.52 Å². The molecule has 4 rings (SSSR count). The maximum absolute atomic E-state index is 13.3. The minimum Gasteiger partial charge on any atom is -0.356 e. The third-order valence-electron chi connectivity index (χ3n) is 4.93. The smallest absolute Gasteiger partial charge is 0.243 e. The molecule has 1 fully saturated rings. The zero-order chi connectivity index (χ0) is 19.7. The number of aromatic nitrogens is 2. The van der Waals surface area contributed by atoms with Crippen LogP contribution in [-0.2, 0) is 10.0 Å². The van der Waals surface area contributed by atoms with Crippen molar-refractivity contribution in [2.24, 2.45) is 0 Å². The van der Waals surface area contributed by atoms with Crippen LogP contribution in [0.5, 0.6) is 0 Å². The van der Waals surface area contributed by atoms with Gasteiger partial charge < -0.3 is 9.42 Å². The highest BCUT2D eigenvalue weighted by Gasteiger charge is 2.30. The second kappa shape index (κ2) is 7.37. The molecule has 0 bridgehead atoms. The van der Waals surface area contributed by atoms with E-state index in [-0.39, 0.29) is 0 Å². The van der Waals surface area contributed by atoms with Crippen molar-refractivity contribution in [1.82, 2.24) is 14.4 Å². The molecule has 1 saturated heterocycles. The van der Waals surface area contributed by atoms with Crippen LogP contribution in [0.4, 0.5) is 5.82 Å². The summed E-state index contributed by atoms with van der Waals surface area (Å²) in [6, 6.07) is 12.9. The van der Waals surface area contributed by atoms with Gasteiger partial charge in [0.05, 0.1) is 10.6 Å². The Morgan fingerprint density at radius 2 is 1.79 bits per heavy atom. The molecule has 0 N–H and O–H groups in total. The van der Waals surface area contributed by atoms with Gasteiger partial charge in [-0.25, -0.2) is 13.4 Å². The van der Waals surface area contributed by atoms with E-state index in [1.165, 1.54) is 0 Å². The highest BCUT2D eigenvalue weighted by atomic mass is 32.2. The standard InChI is InChI=1S/C20H22N4O3S/c1-15-6-7-17(18-13-16(2)22-27-18)14-19(15)28(25,26)24-11-9-23(10-12-24)20-5-3-4-8-21-20/h3-8,13-14H,9-12H2,1-2H3. The van der Waals surface area contributed by atoms with Crippen LogP contribution in [0.25, 0.3) is 11.3 Å². The summed E-state index contributed by atoms with van der Waals surface area (Å²) in [5.74, 6) is 1.44. The van der Waals surface area contributed by atoms with Crippen LogP contribution in [0.3, 0.4) is 0 Å². The van der Waals surface area contributed by atoms with Gasteiger partial charge in [-0.3, -0.25) is 0 Å². The molecule has 0 spiro atoms. The van der Waals surface area contributed by atoms with Crippen molar-refractivity contribution >= 4 is 15.8 Å². The summed E-state index contributed by atoms with van der Waals surface area (Å²) >= 11 is 0. The summed E-state index contributed by atoms with van der Waals surface area (Å²) in [6.45, 7) is 5.70. The van der Waals surface area contributed by atoms with Crippen molar-refractivity contribution in [3.63, 3.8) is 0 Å². The summed E-state index contributed by atoms with van der Waals surface area (Å²) < 4.78 is 33.4. The number of hydrogen-bond donors (Lipinski definition) is 0. The van der Waals surface area contributed by atoms with Crippen molar-refractivity contribution in [1.29, 1.82) is 0 Å². The maximum atomic E-state index is 13.3. The van der Waals surface area contributed by atoms with Gasteiger partial charge in [-0.1, -0.05) is 23.4 Å². The first-order chi connectivity index (χ1) is 13.4. The number of piperazine rings is 1. The Bertz CT molecular complexity index is 1070. The van der Waals surface area contributed by atoms with Crippen molar-refractivity contribution in [3.8, 4) is 11.3 Å². The number of rotatable bonds is 4. The third kappa shape index (κ3) is 3.53. The second-order valence-corrected chi connectivity index (χ2v) is 8.80. The zero-order valence-electron chi connectivity index (χ0n) is 15.9. The zero-order valence-corrected chi connectivity index (χ0v) is 16.7. The van der Waals surface area contributed by atoms with E-state index in [0.29, 0.717) is 48.0 Å². The third-order valence-corrected chi connectivity index (χ3v) is 6.97. The summed E-state index contributed by atoms with van der Waals surface area (Å²) in [4.78, 5) is 6.76. The highest BCUT2D eigenvalue weighted by molar-refractivity contribution is 7.89. The second-order valence-electron chi connectivity index (χ2n) is 6.89. The van der Waals surface area contributed by atoms with Gasteiger partial charge in [0.1, 0.15) is 5.82 Å². The molecule has 0 radical (unpaired) electrons. The minimum absolute atomic E-state index is 0.310. The molecule has 0 aliphatic carbocycles. The monoisotopic (exact) mass is 398 g/mol. The van der Waals surface area contributed by atoms with Gasteiger partial charge in [0.15, 0.2) is 5.76 Å². The van der Waals surface area contributed by atoms with Crippen LogP contribution < -0.4 is 4.90 Å². The lowest BCUT2D eigenvalue weighted by Crippen LogP contribution is -2.49. The largest absolute Gasteiger partial charge is 0.356 e. The number of nitrogens with zero attached hydrogens (tertiary/aromatic N) is 4. The first-order valence-electron chi connectivity index (χ1n) is 9.15. The molecule has 1 aliphatic heterocycles. The van der Waals surface area contributed by atoms with E-state index in [9.17, 15) is 8.42 Å². The fourth-order valence-electron chi connectivity index (χ4n) is 3.37. The number of sulfonamides is 1. The Balaban J connectivity index is 1.57. The average molecular weight is 398 g/mol. The summed E-state index contributed by atoms with van der Waals surface area (Å²) in [5.41, 5.74) is 2.18. The van der Waals surface area contributed by atoms with Crippen LogP contribution in [-0.4, -0.2) is 49.0 Å². The molecule has 3 aromatic rings. The summed E-state index contributed by atoms with van der Waals surface area (Å²) in [7, 11) is -3.60. The average Bonchev–Trinajstić information content (AvgIpc) is 3.15. The summed E-state index contributed by atoms with van der Waals surface area (Å²) in [5, 5.41) is 3.89. The Kier molecular flexibility index (Phi) is 4.91. The Morgan fingerprint density at radius 1 is 1.00 bits per heavy atom. The van der Waals surface area contributed by atoms with E-state index in [0.717, 1.165) is 11.5 Å². The van der Waals surface area contributed by atoms with Gasteiger partial charge in [-0.2, -0.15) is 4.31 Å². The van der Waals surface area contributed by atoms with E-state index >= 15 is 0 Å². The van der Waals surface area contributed by atoms with E-state index < -0.39 is 10.0 Å². The predicted octanol–water partition coefficient (Wildman–Crippen LogP) is 2.86. The summed E-state index contributed by atoms with van der Waals surface area (Å²) in [6.07, 6.45) is 1.75. The number of pyridine rings is 1. The lowest BCUT2D eigenvalue weighted by Gasteiger charge is -2.34. The van der Waals surface area contributed by atoms with Gasteiger partial charge in [0.2, 0.25) is 10.0 Å². The van der Waals surface area contributed by atoms with Crippen molar-refractivity contribution in [3.05, 3.63) is 59.9 Å². The SMILES string of the molecule is Cc1cc(-c2ccc(C)c(S(=O)(=O)N3CCN(c4ccccn4)CC3)c2)on1. The molecular weight excluding hydrogens is 376 g/mol. The van der Waals surface area contributed by atoms with Crippen LogP contribution in [0, 0.1) is 13.8 Å². The van der Waals surface area contributed by atoms with E-state index in [2.05, 4.69) is 15.0 Å². The minimum atomic E-state index is -3.60. The molecule has 7 nitrogen and oxygen atoms in total. The molecule has 8 heteroatoms.